The summed E-state index contributed by atoms with van der Waals surface area (Å²) in [6.45, 7) is 3.99. The zero-order chi connectivity index (χ0) is 10.3. The third-order valence-electron chi connectivity index (χ3n) is 2.03. The van der Waals surface area contributed by atoms with Crippen LogP contribution in [0.25, 0.3) is 11.1 Å². The molecule has 3 nitrogen and oxygen atoms in total. The third-order valence-corrected chi connectivity index (χ3v) is 2.21. The lowest BCUT2D eigenvalue weighted by atomic mass is 10.1. The molecule has 0 bridgehead atoms. The van der Waals surface area contributed by atoms with Crippen molar-refractivity contribution in [3.8, 4) is 0 Å². The van der Waals surface area contributed by atoms with E-state index in [0.717, 1.165) is 22.2 Å². The average Bonchev–Trinajstić information content (AvgIpc) is 2.47. The largest absolute Gasteiger partial charge is 0.434 e. The van der Waals surface area contributed by atoms with Crippen molar-refractivity contribution in [2.75, 3.05) is 0 Å². The van der Waals surface area contributed by atoms with E-state index in [1.54, 1.807) is 0 Å². The molecule has 1 heterocycles. The highest BCUT2D eigenvalue weighted by molar-refractivity contribution is 7.80. The topological polar surface area (TPSA) is 52.0 Å². The van der Waals surface area contributed by atoms with Crippen LogP contribution in [0.15, 0.2) is 16.5 Å². The predicted octanol–water partition coefficient (Wildman–Crippen LogP) is 2.08. The Kier molecular flexibility index (Phi) is 2.00. The number of nitrogens with two attached hydrogens (primary N) is 1. The van der Waals surface area contributed by atoms with Crippen molar-refractivity contribution in [1.29, 1.82) is 0 Å². The van der Waals surface area contributed by atoms with Gasteiger partial charge in [0.1, 0.15) is 5.52 Å². The number of aromatic nitrogens is 1. The first-order valence-electron chi connectivity index (χ1n) is 4.25. The smallest absolute Gasteiger partial charge is 0.255 e. The maximum absolute atomic E-state index is 5.44. The van der Waals surface area contributed by atoms with E-state index in [0.29, 0.717) is 5.89 Å². The van der Waals surface area contributed by atoms with Gasteiger partial charge in [0.15, 0.2) is 10.6 Å². The number of fused-ring (bicyclic) bond motifs is 1. The first kappa shape index (κ1) is 9.15. The van der Waals surface area contributed by atoms with Gasteiger partial charge in [0.05, 0.1) is 0 Å². The standard InChI is InChI=1S/C10H10N2OS/c1-5-3-6(2)8-7(4-5)12-10(13-8)9(11)14/h3-4H,1-2H3,(H2,11,14). The van der Waals surface area contributed by atoms with Gasteiger partial charge in [-0.15, -0.1) is 0 Å². The van der Waals surface area contributed by atoms with Crippen molar-refractivity contribution in [1.82, 2.24) is 4.98 Å². The van der Waals surface area contributed by atoms with Crippen LogP contribution in [0.4, 0.5) is 0 Å². The number of aryl methyl sites for hydroxylation is 2. The van der Waals surface area contributed by atoms with Crippen LogP contribution in [0.5, 0.6) is 0 Å². The van der Waals surface area contributed by atoms with E-state index < -0.39 is 0 Å². The van der Waals surface area contributed by atoms with Gasteiger partial charge in [-0.1, -0.05) is 18.3 Å². The lowest BCUT2D eigenvalue weighted by Gasteiger charge is -1.94. The van der Waals surface area contributed by atoms with E-state index in [1.807, 2.05) is 26.0 Å². The Morgan fingerprint density at radius 1 is 1.43 bits per heavy atom. The van der Waals surface area contributed by atoms with Gasteiger partial charge in [-0.3, -0.25) is 0 Å². The Balaban J connectivity index is 2.76. The van der Waals surface area contributed by atoms with Crippen LogP contribution in [0, 0.1) is 13.8 Å². The van der Waals surface area contributed by atoms with E-state index in [1.165, 1.54) is 0 Å². The van der Waals surface area contributed by atoms with Crippen molar-refractivity contribution >= 4 is 28.3 Å². The lowest BCUT2D eigenvalue weighted by molar-refractivity contribution is 0.589. The molecule has 0 amide bonds. The number of rotatable bonds is 1. The Hall–Kier alpha value is -1.42. The summed E-state index contributed by atoms with van der Waals surface area (Å²) in [5, 5.41) is 0. The Morgan fingerprint density at radius 3 is 2.79 bits per heavy atom. The summed E-state index contributed by atoms with van der Waals surface area (Å²) in [4.78, 5) is 4.39. The molecule has 4 heteroatoms. The molecule has 0 unspecified atom stereocenters. The highest BCUT2D eigenvalue weighted by Crippen LogP contribution is 2.21. The maximum atomic E-state index is 5.44. The number of hydrogen-bond donors (Lipinski definition) is 1. The first-order chi connectivity index (χ1) is 6.58. The van der Waals surface area contributed by atoms with Gasteiger partial charge >= 0.3 is 0 Å². The molecular formula is C10H10N2OS. The fraction of sp³-hybridized carbons (Fsp3) is 0.200. The molecule has 2 N–H and O–H groups in total. The van der Waals surface area contributed by atoms with Gasteiger partial charge < -0.3 is 10.2 Å². The second kappa shape index (κ2) is 3.06. The zero-order valence-corrected chi connectivity index (χ0v) is 8.81. The second-order valence-corrected chi connectivity index (χ2v) is 3.75. The van der Waals surface area contributed by atoms with Gasteiger partial charge in [-0.25, -0.2) is 4.98 Å². The fourth-order valence-corrected chi connectivity index (χ4v) is 1.57. The number of hydrogen-bond acceptors (Lipinski definition) is 3. The van der Waals surface area contributed by atoms with Crippen molar-refractivity contribution in [3.63, 3.8) is 0 Å². The third kappa shape index (κ3) is 1.37. The van der Waals surface area contributed by atoms with Crippen LogP contribution in [-0.4, -0.2) is 9.97 Å². The highest BCUT2D eigenvalue weighted by atomic mass is 32.1. The summed E-state index contributed by atoms with van der Waals surface area (Å²) < 4.78 is 5.44. The van der Waals surface area contributed by atoms with Crippen LogP contribution in [0.3, 0.4) is 0 Å². The van der Waals surface area contributed by atoms with E-state index in [4.69, 9.17) is 22.4 Å². The number of nitrogens with zero attached hydrogens (tertiary/aromatic N) is 1. The molecule has 0 radical (unpaired) electrons. The quantitative estimate of drug-likeness (QED) is 0.726. The van der Waals surface area contributed by atoms with Gasteiger partial charge in [0.2, 0.25) is 0 Å². The van der Waals surface area contributed by atoms with Crippen molar-refractivity contribution in [2.24, 2.45) is 5.73 Å². The van der Waals surface area contributed by atoms with Crippen LogP contribution < -0.4 is 5.73 Å². The van der Waals surface area contributed by atoms with Gasteiger partial charge in [-0.2, -0.15) is 0 Å². The van der Waals surface area contributed by atoms with Crippen LogP contribution >= 0.6 is 12.2 Å². The lowest BCUT2D eigenvalue weighted by Crippen LogP contribution is -2.09. The molecule has 0 aliphatic carbocycles. The molecule has 14 heavy (non-hydrogen) atoms. The van der Waals surface area contributed by atoms with Gasteiger partial charge in [0, 0.05) is 0 Å². The van der Waals surface area contributed by atoms with Gasteiger partial charge in [0.25, 0.3) is 5.89 Å². The molecule has 0 fully saturated rings. The summed E-state index contributed by atoms with van der Waals surface area (Å²) in [7, 11) is 0. The minimum Gasteiger partial charge on any atom is -0.434 e. The minimum absolute atomic E-state index is 0.193. The van der Waals surface area contributed by atoms with E-state index in [2.05, 4.69) is 4.98 Å². The Morgan fingerprint density at radius 2 is 2.14 bits per heavy atom. The Labute approximate surface area is 86.9 Å². The van der Waals surface area contributed by atoms with Crippen LogP contribution in [0.2, 0.25) is 0 Å². The fourth-order valence-electron chi connectivity index (χ4n) is 1.48. The summed E-state index contributed by atoms with van der Waals surface area (Å²) in [6, 6.07) is 3.99. The average molecular weight is 206 g/mol. The number of oxazole rings is 1. The van der Waals surface area contributed by atoms with Crippen molar-refractivity contribution < 1.29 is 4.42 Å². The van der Waals surface area contributed by atoms with Gasteiger partial charge in [-0.05, 0) is 31.0 Å². The molecule has 1 aromatic heterocycles. The van der Waals surface area contributed by atoms with Crippen molar-refractivity contribution in [3.05, 3.63) is 29.2 Å². The van der Waals surface area contributed by atoms with Crippen LogP contribution in [-0.2, 0) is 0 Å². The SMILES string of the molecule is Cc1cc(C)c2oc(C(N)=S)nc2c1. The summed E-state index contributed by atoms with van der Waals surface area (Å²) in [6.07, 6.45) is 0. The van der Waals surface area contributed by atoms with E-state index in [9.17, 15) is 0 Å². The molecule has 72 valence electrons. The van der Waals surface area contributed by atoms with E-state index >= 15 is 0 Å². The Bertz CT molecular complexity index is 516. The summed E-state index contributed by atoms with van der Waals surface area (Å²) >= 11 is 4.80. The summed E-state index contributed by atoms with van der Waals surface area (Å²) in [5.74, 6) is 0.337. The summed E-state index contributed by atoms with van der Waals surface area (Å²) in [5.41, 5.74) is 9.22. The molecular weight excluding hydrogens is 196 g/mol. The molecule has 0 spiro atoms. The van der Waals surface area contributed by atoms with E-state index in [-0.39, 0.29) is 4.99 Å². The molecule has 0 aliphatic heterocycles. The monoisotopic (exact) mass is 206 g/mol. The molecule has 0 aliphatic rings. The molecule has 0 saturated heterocycles. The van der Waals surface area contributed by atoms with Crippen LogP contribution in [0.1, 0.15) is 17.0 Å². The first-order valence-corrected chi connectivity index (χ1v) is 4.66. The maximum Gasteiger partial charge on any atom is 0.255 e. The predicted molar refractivity (Wildman–Crippen MR) is 59.4 cm³/mol. The number of thiocarbonyl (C=S) groups is 1. The molecule has 1 aromatic carbocycles. The highest BCUT2D eigenvalue weighted by Gasteiger charge is 2.09. The molecule has 2 aromatic rings. The second-order valence-electron chi connectivity index (χ2n) is 3.31. The minimum atomic E-state index is 0.193. The molecule has 0 atom stereocenters. The van der Waals surface area contributed by atoms with Crippen molar-refractivity contribution in [2.45, 2.75) is 13.8 Å². The zero-order valence-electron chi connectivity index (χ0n) is 8.00. The number of benzene rings is 1. The molecule has 2 rings (SSSR count). The molecule has 0 saturated carbocycles. The normalized spacial score (nSPS) is 10.7.